The van der Waals surface area contributed by atoms with Crippen LogP contribution in [0.2, 0.25) is 0 Å². The average Bonchev–Trinajstić information content (AvgIpc) is 2.66. The molecular formula is C27H48O3S. The van der Waals surface area contributed by atoms with Crippen molar-refractivity contribution in [1.29, 1.82) is 0 Å². The fourth-order valence-electron chi connectivity index (χ4n) is 2.67. The van der Waals surface area contributed by atoms with Crippen molar-refractivity contribution in [2.75, 3.05) is 6.26 Å². The zero-order valence-corrected chi connectivity index (χ0v) is 22.6. The van der Waals surface area contributed by atoms with Crippen LogP contribution in [0.25, 0.3) is 10.8 Å². The largest absolute Gasteiger partial charge is 0.286 e. The first-order chi connectivity index (χ1) is 14.1. The molecule has 0 unspecified atom stereocenters. The Balaban J connectivity index is 0. The van der Waals surface area contributed by atoms with Crippen LogP contribution >= 0.6 is 0 Å². The van der Waals surface area contributed by atoms with Crippen LogP contribution in [-0.2, 0) is 10.1 Å². The zero-order valence-electron chi connectivity index (χ0n) is 21.8. The van der Waals surface area contributed by atoms with Crippen molar-refractivity contribution >= 4 is 20.9 Å². The Kier molecular flexibility index (Phi) is 16.7. The van der Waals surface area contributed by atoms with Gasteiger partial charge in [-0.15, -0.1) is 0 Å². The Morgan fingerprint density at radius 3 is 0.806 bits per heavy atom. The van der Waals surface area contributed by atoms with Gasteiger partial charge in [0.2, 0.25) is 0 Å². The maximum atomic E-state index is 9.19. The summed E-state index contributed by atoms with van der Waals surface area (Å²) >= 11 is 0. The Morgan fingerprint density at radius 1 is 0.548 bits per heavy atom. The van der Waals surface area contributed by atoms with Crippen molar-refractivity contribution in [2.24, 2.45) is 35.5 Å². The highest BCUT2D eigenvalue weighted by Crippen LogP contribution is 2.19. The fourth-order valence-corrected chi connectivity index (χ4v) is 2.67. The number of benzene rings is 2. The highest BCUT2D eigenvalue weighted by Gasteiger charge is 2.10. The summed E-state index contributed by atoms with van der Waals surface area (Å²) in [6.45, 7) is 22.9. The van der Waals surface area contributed by atoms with E-state index in [1.54, 1.807) is 0 Å². The molecule has 0 aliphatic rings. The molecule has 31 heavy (non-hydrogen) atoms. The van der Waals surface area contributed by atoms with Crippen LogP contribution in [-0.4, -0.2) is 19.2 Å². The Labute approximate surface area is 193 Å². The molecule has 0 heterocycles. The molecule has 0 aliphatic carbocycles. The maximum absolute atomic E-state index is 9.19. The molecule has 0 radical (unpaired) electrons. The molecule has 0 amide bonds. The molecule has 0 aromatic heterocycles. The molecule has 0 atom stereocenters. The van der Waals surface area contributed by atoms with E-state index in [1.165, 1.54) is 10.8 Å². The normalized spacial score (nSPS) is 11.3. The highest BCUT2D eigenvalue weighted by atomic mass is 32.2. The van der Waals surface area contributed by atoms with Gasteiger partial charge in [-0.2, -0.15) is 8.42 Å². The summed E-state index contributed by atoms with van der Waals surface area (Å²) in [7, 11) is -3.67. The van der Waals surface area contributed by atoms with E-state index in [0.29, 0.717) is 6.26 Å². The summed E-state index contributed by atoms with van der Waals surface area (Å²) < 4.78 is 25.9. The van der Waals surface area contributed by atoms with Gasteiger partial charge >= 0.3 is 0 Å². The van der Waals surface area contributed by atoms with E-state index < -0.39 is 10.1 Å². The van der Waals surface area contributed by atoms with Crippen LogP contribution in [0, 0.1) is 35.5 Å². The Morgan fingerprint density at radius 2 is 0.710 bits per heavy atom. The van der Waals surface area contributed by atoms with Gasteiger partial charge in [0.15, 0.2) is 0 Å². The lowest BCUT2D eigenvalue weighted by molar-refractivity contribution is 0.316. The lowest BCUT2D eigenvalue weighted by Crippen LogP contribution is -2.10. The van der Waals surface area contributed by atoms with Gasteiger partial charge in [-0.05, 0) is 46.3 Å². The SMILES string of the molecule is CC(C)C(C)C(C)C.CC(C)C(C)C(C)C.CS(=O)(=O)O.c1ccc2ccccc2c1. The van der Waals surface area contributed by atoms with Crippen molar-refractivity contribution in [3.8, 4) is 0 Å². The third-order valence-corrected chi connectivity index (χ3v) is 5.86. The molecule has 0 spiro atoms. The quantitative estimate of drug-likeness (QED) is 0.475. The topological polar surface area (TPSA) is 54.4 Å². The molecule has 0 saturated heterocycles. The van der Waals surface area contributed by atoms with Gasteiger partial charge in [0.1, 0.15) is 0 Å². The molecule has 0 bridgehead atoms. The highest BCUT2D eigenvalue weighted by molar-refractivity contribution is 7.85. The third kappa shape index (κ3) is 19.1. The maximum Gasteiger partial charge on any atom is 0.261 e. The van der Waals surface area contributed by atoms with Gasteiger partial charge in [-0.3, -0.25) is 4.55 Å². The van der Waals surface area contributed by atoms with Gasteiger partial charge in [0.25, 0.3) is 10.1 Å². The standard InChI is InChI=1S/C10H8.2C8H18.CH4O3S/c1-2-6-10-8-4-3-7-9(10)5-1;2*1-6(2)8(5)7(3)4;1-5(2,3)4/h1-8H;2*6-8H,1-5H3;1H3,(H,2,3,4). The molecule has 0 saturated carbocycles. The monoisotopic (exact) mass is 452 g/mol. The molecule has 0 aliphatic heterocycles. The van der Waals surface area contributed by atoms with Gasteiger partial charge in [-0.25, -0.2) is 0 Å². The van der Waals surface area contributed by atoms with E-state index in [1.807, 2.05) is 0 Å². The van der Waals surface area contributed by atoms with Crippen molar-refractivity contribution in [2.45, 2.75) is 69.2 Å². The molecule has 0 fully saturated rings. The average molecular weight is 453 g/mol. The predicted octanol–water partition coefficient (Wildman–Crippen LogP) is 8.21. The summed E-state index contributed by atoms with van der Waals surface area (Å²) in [5, 5.41) is 2.62. The summed E-state index contributed by atoms with van der Waals surface area (Å²) in [5.74, 6) is 5.11. The lowest BCUT2D eigenvalue weighted by atomic mass is 9.88. The first kappa shape index (κ1) is 31.8. The number of hydrogen-bond acceptors (Lipinski definition) is 2. The second kappa shape index (κ2) is 16.3. The minimum absolute atomic E-state index is 0.715. The van der Waals surface area contributed by atoms with Gasteiger partial charge < -0.3 is 0 Å². The van der Waals surface area contributed by atoms with E-state index in [-0.39, 0.29) is 0 Å². The van der Waals surface area contributed by atoms with E-state index in [0.717, 1.165) is 35.5 Å². The van der Waals surface area contributed by atoms with Crippen molar-refractivity contribution in [1.82, 2.24) is 0 Å². The Bertz CT molecular complexity index is 685. The second-order valence-electron chi connectivity index (χ2n) is 9.77. The zero-order chi connectivity index (χ0) is 24.8. The van der Waals surface area contributed by atoms with Gasteiger partial charge in [-0.1, -0.05) is 118 Å². The Hall–Kier alpha value is -1.39. The van der Waals surface area contributed by atoms with Crippen LogP contribution in [0.3, 0.4) is 0 Å². The second-order valence-corrected chi connectivity index (χ2v) is 11.2. The van der Waals surface area contributed by atoms with Crippen molar-refractivity contribution in [3.05, 3.63) is 48.5 Å². The molecule has 2 aromatic rings. The minimum Gasteiger partial charge on any atom is -0.286 e. The summed E-state index contributed by atoms with van der Waals surface area (Å²) in [5.41, 5.74) is 0. The first-order valence-electron chi connectivity index (χ1n) is 11.4. The summed E-state index contributed by atoms with van der Waals surface area (Å²) in [6.07, 6.45) is 0.715. The molecule has 2 rings (SSSR count). The van der Waals surface area contributed by atoms with E-state index in [2.05, 4.69) is 118 Å². The molecule has 4 heteroatoms. The van der Waals surface area contributed by atoms with Crippen LogP contribution in [0.4, 0.5) is 0 Å². The predicted molar refractivity (Wildman–Crippen MR) is 139 cm³/mol. The number of fused-ring (bicyclic) bond motifs is 1. The fraction of sp³-hybridized carbons (Fsp3) is 0.630. The third-order valence-electron chi connectivity index (χ3n) is 5.86. The lowest BCUT2D eigenvalue weighted by Gasteiger charge is -2.18. The molecule has 180 valence electrons. The van der Waals surface area contributed by atoms with Gasteiger partial charge in [0.05, 0.1) is 6.26 Å². The summed E-state index contributed by atoms with van der Waals surface area (Å²) in [4.78, 5) is 0. The first-order valence-corrected chi connectivity index (χ1v) is 13.3. The number of hydrogen-bond donors (Lipinski definition) is 1. The van der Waals surface area contributed by atoms with Crippen molar-refractivity contribution in [3.63, 3.8) is 0 Å². The van der Waals surface area contributed by atoms with E-state index in [4.69, 9.17) is 4.55 Å². The van der Waals surface area contributed by atoms with Crippen LogP contribution < -0.4 is 0 Å². The molecule has 1 N–H and O–H groups in total. The van der Waals surface area contributed by atoms with Crippen LogP contribution in [0.5, 0.6) is 0 Å². The van der Waals surface area contributed by atoms with Gasteiger partial charge in [0, 0.05) is 0 Å². The number of rotatable bonds is 4. The molecule has 3 nitrogen and oxygen atoms in total. The molecule has 2 aromatic carbocycles. The van der Waals surface area contributed by atoms with Crippen LogP contribution in [0.15, 0.2) is 48.5 Å². The molecular weight excluding hydrogens is 404 g/mol. The van der Waals surface area contributed by atoms with Crippen molar-refractivity contribution < 1.29 is 13.0 Å². The smallest absolute Gasteiger partial charge is 0.261 e. The van der Waals surface area contributed by atoms with E-state index >= 15 is 0 Å². The minimum atomic E-state index is -3.67. The summed E-state index contributed by atoms with van der Waals surface area (Å²) in [6, 6.07) is 16.7. The van der Waals surface area contributed by atoms with E-state index in [9.17, 15) is 8.42 Å². The van der Waals surface area contributed by atoms with Crippen LogP contribution in [0.1, 0.15) is 69.2 Å².